The molecule has 56 rings (SSSR count). The summed E-state index contributed by atoms with van der Waals surface area (Å²) in [6, 6.07) is 0. The Balaban J connectivity index is 0.552. The molecule has 73 atom stereocenters. The molecule has 0 aromatic rings. The smallest absolute Gasteiger partial charge is 0.000516 e. The fraction of sp³-hybridized carbons (Fsp3) is 1.00. The molecule has 37 spiro atoms. The lowest BCUT2D eigenvalue weighted by Crippen LogP contribution is -3.61. The topological polar surface area (TPSA) is 0 Å². The zero-order valence-electron chi connectivity index (χ0n) is 44.2. The van der Waals surface area contributed by atoms with Crippen LogP contribution >= 0.6 is 0 Å². The molecule has 0 aromatic carbocycles. The molecule has 73 unspecified atom stereocenters. The molecule has 0 saturated heterocycles. The molecular weight excluding hydrogens is 961 g/mol. The predicted octanol–water partition coefficient (Wildman–Crippen LogP) is 7.16. The fourth-order valence-corrected chi connectivity index (χ4v) is 87.1. The predicted molar refractivity (Wildman–Crippen MR) is 248 cm³/mol. The van der Waals surface area contributed by atoms with Crippen molar-refractivity contribution in [3.63, 3.8) is 0 Å². The van der Waals surface area contributed by atoms with E-state index in [9.17, 15) is 0 Å². The summed E-state index contributed by atoms with van der Waals surface area (Å²) in [6.07, 6.45) is 13.0. The van der Waals surface area contributed by atoms with E-state index in [0.29, 0.717) is 0 Å². The van der Waals surface area contributed by atoms with Gasteiger partial charge in [0.15, 0.2) is 0 Å². The molecule has 56 aliphatic carbocycles. The van der Waals surface area contributed by atoms with Crippen molar-refractivity contribution >= 4 is 0 Å². The lowest BCUT2D eigenvalue weighted by atomic mass is 8.40. The summed E-state index contributed by atoms with van der Waals surface area (Å²) in [4.78, 5) is 0. The largest absolute Gasteiger partial charge is 0.0461 e. The third-order valence-corrected chi connectivity index (χ3v) is 69.0. The van der Waals surface area contributed by atoms with Crippen LogP contribution < -0.4 is 0 Å². The highest BCUT2D eigenvalue weighted by atomic mass is 15.7. The monoisotopic (exact) mass is 1010 g/mol. The third kappa shape index (κ3) is 0.624. The Kier molecular flexibility index (Phi) is 1.45. The Labute approximate surface area is 455 Å². The average molecular weight is 1010 g/mol. The van der Waals surface area contributed by atoms with E-state index < -0.39 is 0 Å². The number of rotatable bonds is 0. The van der Waals surface area contributed by atoms with Gasteiger partial charge in [0.25, 0.3) is 0 Å². The standard InChI is InChI=1S/C80H50/c1-8-2-16-44(8)12(1)20-21-14-6-15-23-24-26-27-28-29-30-31-32-34-37-25-22-13-5-10-11-7-19-48(11)46(10,13)53(22)72(25)73(37)69(34)66(32)63(31)61(30)60(29)59(28)58(27)57(26)56(24)55(23)47(14,15)54(21)52(20,44)50(16)42-40-38-35-33-36-39-41-43-51-18-4-9-3-17-45(9,18)76(51)49(17,19)77(48,53)80(72,76)79(51,73)75(43,69)71(41,66)68(39,63)65(36,61)62(33,60)64(35,59)67(38,58)70(40,57)74(42,56)78(50,54)55/h8-43H,1-7H2. The van der Waals surface area contributed by atoms with Crippen LogP contribution in [0.3, 0.4) is 0 Å². The van der Waals surface area contributed by atoms with E-state index in [1.807, 2.05) is 38.5 Å². The minimum atomic E-state index is 1.07. The van der Waals surface area contributed by atoms with Crippen LogP contribution in [0.25, 0.3) is 0 Å². The summed E-state index contributed by atoms with van der Waals surface area (Å²) in [6.45, 7) is 0. The first-order valence-corrected chi connectivity index (χ1v) is 39.8. The molecule has 0 N–H and O–H groups in total. The summed E-state index contributed by atoms with van der Waals surface area (Å²) >= 11 is 0. The first-order chi connectivity index (χ1) is 39.8. The highest BCUT2D eigenvalue weighted by Gasteiger charge is 3.66. The summed E-state index contributed by atoms with van der Waals surface area (Å²) in [5.74, 6) is 50.7. The Morgan fingerprint density at radius 1 is 0.163 bits per heavy atom. The Morgan fingerprint density at radius 3 is 1.19 bits per heavy atom. The van der Waals surface area contributed by atoms with Crippen molar-refractivity contribution in [3.8, 4) is 0 Å². The van der Waals surface area contributed by atoms with Crippen LogP contribution in [0.15, 0.2) is 0 Å². The Hall–Kier alpha value is 0. The van der Waals surface area contributed by atoms with Gasteiger partial charge in [-0.05, 0) is 458 Å². The molecule has 0 bridgehead atoms. The second-order valence-corrected chi connectivity index (χ2v) is 51.6. The van der Waals surface area contributed by atoms with Gasteiger partial charge in [0.05, 0.1) is 0 Å². The van der Waals surface area contributed by atoms with Crippen molar-refractivity contribution < 1.29 is 0 Å². The van der Waals surface area contributed by atoms with Crippen molar-refractivity contribution in [3.05, 3.63) is 0 Å². The van der Waals surface area contributed by atoms with Crippen molar-refractivity contribution in [1.82, 2.24) is 0 Å². The van der Waals surface area contributed by atoms with Crippen LogP contribution in [-0.4, -0.2) is 0 Å². The van der Waals surface area contributed by atoms with Crippen LogP contribution in [0.4, 0.5) is 0 Å². The van der Waals surface area contributed by atoms with E-state index in [2.05, 4.69) is 0 Å². The van der Waals surface area contributed by atoms with E-state index in [1.165, 1.54) is 213 Å². The summed E-state index contributed by atoms with van der Waals surface area (Å²) in [7, 11) is 0. The van der Waals surface area contributed by atoms with Gasteiger partial charge < -0.3 is 0 Å². The number of fused-ring (bicyclic) bond motifs is 26. The van der Waals surface area contributed by atoms with Crippen molar-refractivity contribution in [1.29, 1.82) is 0 Å². The van der Waals surface area contributed by atoms with Crippen molar-refractivity contribution in [2.24, 2.45) is 413 Å². The number of hydrogen-bond donors (Lipinski definition) is 0. The van der Waals surface area contributed by atoms with Gasteiger partial charge in [0, 0.05) is 0 Å². The van der Waals surface area contributed by atoms with Crippen LogP contribution in [0.2, 0.25) is 0 Å². The minimum Gasteiger partial charge on any atom is -0.0461 e. The van der Waals surface area contributed by atoms with Crippen LogP contribution in [0.1, 0.15) is 44.9 Å². The normalized spacial score (nSPS) is 140. The zero-order chi connectivity index (χ0) is 44.2. The molecule has 0 heterocycles. The lowest BCUT2D eigenvalue weighted by Gasteiger charge is -3.62. The molecule has 370 valence electrons. The summed E-state index contributed by atoms with van der Waals surface area (Å²) in [5.41, 5.74) is 41.0. The molecule has 0 heteroatoms. The molecule has 0 radical (unpaired) electrons. The molecule has 80 heavy (non-hydrogen) atoms. The molecule has 56 fully saturated rings. The van der Waals surface area contributed by atoms with Crippen LogP contribution in [0, 0.1) is 413 Å². The second kappa shape index (κ2) is 4.23. The van der Waals surface area contributed by atoms with Crippen molar-refractivity contribution in [2.45, 2.75) is 44.9 Å². The molecular formula is C80H50. The van der Waals surface area contributed by atoms with E-state index in [4.69, 9.17) is 0 Å². The van der Waals surface area contributed by atoms with Crippen LogP contribution in [0.5, 0.6) is 0 Å². The van der Waals surface area contributed by atoms with Gasteiger partial charge in [-0.2, -0.15) is 0 Å². The van der Waals surface area contributed by atoms with E-state index in [1.54, 1.807) is 6.42 Å². The first kappa shape index (κ1) is 27.4. The molecule has 0 aliphatic heterocycles. The molecule has 0 amide bonds. The SMILES string of the molecule is C1C2CC3C24C1C1C2C5CC6C7C8C9C%10C%11C%12C%13C%14C%15C%16C%17C%18C%19C%20CC%21C%22CC%23C%22%24C%21%20C%19%20C%18%19C%17%18C%16%17C%15%16C%14%15C%13%14C%12%13C%11%12C%11%21C(C%22C%25C%26C%27C%28C%29%30C%31CC%32CC%33C%32%31C%29%31C%33%23C%24%20C%19%31C%30%18C%28%17C%27%16C%26%15C%25%14C%22%13%11)C%11C%13C%14C3%15C14C21C56C72C83C94C%10%12C%11%21C%134C%143C%1512. The minimum absolute atomic E-state index is 1.07. The molecule has 0 aromatic heterocycles. The average Bonchev–Trinajstić information content (AvgIpc) is 0.439. The summed E-state index contributed by atoms with van der Waals surface area (Å²) < 4.78 is 0. The maximum Gasteiger partial charge on any atom is -0.000516 e. The second-order valence-electron chi connectivity index (χ2n) is 51.6. The van der Waals surface area contributed by atoms with Gasteiger partial charge in [-0.3, -0.25) is 0 Å². The third-order valence-electron chi connectivity index (χ3n) is 69.0. The quantitative estimate of drug-likeness (QED) is 0.242. The van der Waals surface area contributed by atoms with Crippen molar-refractivity contribution in [2.75, 3.05) is 0 Å². The number of hydrogen-bond acceptors (Lipinski definition) is 0. The van der Waals surface area contributed by atoms with Gasteiger partial charge in [-0.1, -0.05) is 0 Å². The van der Waals surface area contributed by atoms with E-state index >= 15 is 0 Å². The lowest BCUT2D eigenvalue weighted by molar-refractivity contribution is -1.18. The zero-order valence-corrected chi connectivity index (χ0v) is 44.2. The molecule has 56 aliphatic rings. The van der Waals surface area contributed by atoms with E-state index in [-0.39, 0.29) is 0 Å². The van der Waals surface area contributed by atoms with Gasteiger partial charge >= 0.3 is 0 Å². The Morgan fingerprint density at radius 2 is 0.562 bits per heavy atom. The van der Waals surface area contributed by atoms with Gasteiger partial charge in [-0.15, -0.1) is 0 Å². The maximum absolute atomic E-state index is 1.89. The highest BCUT2D eigenvalue weighted by Crippen LogP contribution is 3.67. The molecule has 0 nitrogen and oxygen atoms in total. The fourth-order valence-electron chi connectivity index (χ4n) is 87.1. The van der Waals surface area contributed by atoms with Crippen LogP contribution in [-0.2, 0) is 0 Å². The Bertz CT molecular complexity index is 5660. The van der Waals surface area contributed by atoms with Gasteiger partial charge in [0.2, 0.25) is 0 Å². The molecule has 56 saturated carbocycles. The first-order valence-electron chi connectivity index (χ1n) is 39.8. The maximum atomic E-state index is 1.89. The highest BCUT2D eigenvalue weighted by molar-refractivity contribution is 6.11. The summed E-state index contributed by atoms with van der Waals surface area (Å²) in [5, 5.41) is 0. The van der Waals surface area contributed by atoms with Gasteiger partial charge in [0.1, 0.15) is 0 Å². The van der Waals surface area contributed by atoms with Gasteiger partial charge in [-0.25, -0.2) is 0 Å². The van der Waals surface area contributed by atoms with E-state index in [0.717, 1.165) is 200 Å².